The lowest BCUT2D eigenvalue weighted by Crippen LogP contribution is -2.47. The number of hydrogen-bond donors (Lipinski definition) is 2. The van der Waals surface area contributed by atoms with Crippen LogP contribution in [-0.4, -0.2) is 47.4 Å². The first-order valence-corrected chi connectivity index (χ1v) is 7.29. The molecule has 0 aromatic carbocycles. The highest BCUT2D eigenvalue weighted by molar-refractivity contribution is 5.89. The molecule has 0 bridgehead atoms. The van der Waals surface area contributed by atoms with Crippen LogP contribution in [0.25, 0.3) is 0 Å². The van der Waals surface area contributed by atoms with Crippen LogP contribution in [0, 0.1) is 11.8 Å². The number of amides is 2. The van der Waals surface area contributed by atoms with Gasteiger partial charge in [0.05, 0.1) is 5.92 Å². The highest BCUT2D eigenvalue weighted by atomic mass is 16.4. The summed E-state index contributed by atoms with van der Waals surface area (Å²) in [4.78, 5) is 36.9. The van der Waals surface area contributed by atoms with Crippen LogP contribution >= 0.6 is 0 Å². The number of carbonyl (C=O) groups is 3. The average molecular weight is 282 g/mol. The summed E-state index contributed by atoms with van der Waals surface area (Å²) in [6, 6.07) is -0.343. The monoisotopic (exact) mass is 282 g/mol. The molecule has 2 N–H and O–H groups in total. The van der Waals surface area contributed by atoms with Gasteiger partial charge in [0, 0.05) is 19.5 Å². The van der Waals surface area contributed by atoms with Crippen molar-refractivity contribution in [2.75, 3.05) is 13.6 Å². The van der Waals surface area contributed by atoms with Gasteiger partial charge in [-0.1, -0.05) is 0 Å². The molecule has 2 aliphatic rings. The first-order chi connectivity index (χ1) is 9.54. The van der Waals surface area contributed by atoms with Crippen molar-refractivity contribution in [2.45, 2.75) is 44.6 Å². The summed E-state index contributed by atoms with van der Waals surface area (Å²) in [6.07, 6.45) is 3.93. The molecule has 1 saturated carbocycles. The molecule has 20 heavy (non-hydrogen) atoms. The molecule has 1 aliphatic heterocycles. The number of carboxylic acids is 1. The summed E-state index contributed by atoms with van der Waals surface area (Å²) in [7, 11) is 1.58. The van der Waals surface area contributed by atoms with Gasteiger partial charge in [0.1, 0.15) is 6.04 Å². The summed E-state index contributed by atoms with van der Waals surface area (Å²) in [5.41, 5.74) is 0. The molecule has 0 spiro atoms. The molecule has 1 atom stereocenters. The van der Waals surface area contributed by atoms with E-state index < -0.39 is 5.97 Å². The molecule has 1 unspecified atom stereocenters. The lowest BCUT2D eigenvalue weighted by molar-refractivity contribution is -0.146. The number of aliphatic carboxylic acids is 1. The number of likely N-dealkylation sites (N-methyl/N-ethyl adjacent to an activating group) is 1. The van der Waals surface area contributed by atoms with Crippen molar-refractivity contribution in [1.29, 1.82) is 0 Å². The molecule has 1 heterocycles. The Balaban J connectivity index is 1.94. The van der Waals surface area contributed by atoms with E-state index in [1.165, 1.54) is 0 Å². The molecule has 0 aromatic heterocycles. The molecule has 1 aliphatic carbocycles. The standard InChI is InChI=1S/C14H22N2O4/c1-15-12(17)11-3-2-8-16(11)13(18)9-4-6-10(7-5-9)14(19)20/h9-11H,2-8H2,1H3,(H,15,17)(H,19,20). The molecular formula is C14H22N2O4. The Morgan fingerprint density at radius 2 is 1.65 bits per heavy atom. The van der Waals surface area contributed by atoms with Crippen LogP contribution in [0.1, 0.15) is 38.5 Å². The van der Waals surface area contributed by atoms with Crippen molar-refractivity contribution in [1.82, 2.24) is 10.2 Å². The maximum Gasteiger partial charge on any atom is 0.306 e. The largest absolute Gasteiger partial charge is 0.481 e. The van der Waals surface area contributed by atoms with E-state index in [0.717, 1.165) is 12.8 Å². The van der Waals surface area contributed by atoms with E-state index >= 15 is 0 Å². The molecule has 6 nitrogen and oxygen atoms in total. The normalized spacial score (nSPS) is 30.1. The molecule has 2 fully saturated rings. The average Bonchev–Trinajstić information content (AvgIpc) is 2.95. The number of rotatable bonds is 3. The zero-order valence-corrected chi connectivity index (χ0v) is 11.8. The first-order valence-electron chi connectivity index (χ1n) is 7.29. The second kappa shape index (κ2) is 6.24. The lowest BCUT2D eigenvalue weighted by Gasteiger charge is -2.31. The minimum absolute atomic E-state index is 0.0277. The maximum absolute atomic E-state index is 12.5. The smallest absolute Gasteiger partial charge is 0.306 e. The molecule has 2 amide bonds. The van der Waals surface area contributed by atoms with Gasteiger partial charge in [-0.3, -0.25) is 14.4 Å². The minimum Gasteiger partial charge on any atom is -0.481 e. The van der Waals surface area contributed by atoms with Gasteiger partial charge in [-0.15, -0.1) is 0 Å². The Bertz CT molecular complexity index is 402. The van der Waals surface area contributed by atoms with Crippen molar-refractivity contribution in [3.8, 4) is 0 Å². The second-order valence-electron chi connectivity index (χ2n) is 5.69. The number of likely N-dealkylation sites (tertiary alicyclic amines) is 1. The van der Waals surface area contributed by atoms with Crippen molar-refractivity contribution in [3.63, 3.8) is 0 Å². The Labute approximate surface area is 118 Å². The molecule has 1 saturated heterocycles. The van der Waals surface area contributed by atoms with Crippen molar-refractivity contribution >= 4 is 17.8 Å². The summed E-state index contributed by atoms with van der Waals surface area (Å²) < 4.78 is 0. The van der Waals surface area contributed by atoms with E-state index in [1.54, 1.807) is 11.9 Å². The highest BCUT2D eigenvalue weighted by Crippen LogP contribution is 2.32. The van der Waals surface area contributed by atoms with Crippen molar-refractivity contribution in [3.05, 3.63) is 0 Å². The van der Waals surface area contributed by atoms with Gasteiger partial charge in [0.25, 0.3) is 0 Å². The summed E-state index contributed by atoms with van der Waals surface area (Å²) in [6.45, 7) is 0.635. The van der Waals surface area contributed by atoms with Gasteiger partial charge < -0.3 is 15.3 Å². The van der Waals surface area contributed by atoms with Crippen LogP contribution in [0.3, 0.4) is 0 Å². The van der Waals surface area contributed by atoms with Crippen LogP contribution in [0.5, 0.6) is 0 Å². The van der Waals surface area contributed by atoms with Crippen LogP contribution in [-0.2, 0) is 14.4 Å². The molecular weight excluding hydrogens is 260 g/mol. The third kappa shape index (κ3) is 2.94. The van der Waals surface area contributed by atoms with Gasteiger partial charge in [-0.05, 0) is 38.5 Å². The fourth-order valence-corrected chi connectivity index (χ4v) is 3.29. The number of carbonyl (C=O) groups excluding carboxylic acids is 2. The molecule has 2 rings (SSSR count). The number of nitrogens with one attached hydrogen (secondary N) is 1. The molecule has 6 heteroatoms. The highest BCUT2D eigenvalue weighted by Gasteiger charge is 2.38. The van der Waals surface area contributed by atoms with Crippen molar-refractivity contribution < 1.29 is 19.5 Å². The summed E-state index contributed by atoms with van der Waals surface area (Å²) in [5, 5.41) is 11.6. The van der Waals surface area contributed by atoms with E-state index in [0.29, 0.717) is 32.2 Å². The predicted octanol–water partition coefficient (Wildman–Crippen LogP) is 0.614. The Hall–Kier alpha value is -1.59. The van der Waals surface area contributed by atoms with Crippen molar-refractivity contribution in [2.24, 2.45) is 11.8 Å². The second-order valence-corrected chi connectivity index (χ2v) is 5.69. The third-order valence-corrected chi connectivity index (χ3v) is 4.51. The molecule has 0 aromatic rings. The van der Waals surface area contributed by atoms with Gasteiger partial charge in [0.2, 0.25) is 11.8 Å². The van der Waals surface area contributed by atoms with Crippen LogP contribution in [0.15, 0.2) is 0 Å². The van der Waals surface area contributed by atoms with E-state index in [4.69, 9.17) is 5.11 Å². The molecule has 0 radical (unpaired) electrons. The van der Waals surface area contributed by atoms with E-state index in [9.17, 15) is 14.4 Å². The van der Waals surface area contributed by atoms with Gasteiger partial charge in [-0.2, -0.15) is 0 Å². The fraction of sp³-hybridized carbons (Fsp3) is 0.786. The zero-order valence-electron chi connectivity index (χ0n) is 11.8. The fourth-order valence-electron chi connectivity index (χ4n) is 3.29. The first kappa shape index (κ1) is 14.8. The van der Waals surface area contributed by atoms with Gasteiger partial charge >= 0.3 is 5.97 Å². The topological polar surface area (TPSA) is 86.7 Å². The SMILES string of the molecule is CNC(=O)C1CCCN1C(=O)C1CCC(C(=O)O)CC1. The number of hydrogen-bond acceptors (Lipinski definition) is 3. The summed E-state index contributed by atoms with van der Waals surface area (Å²) >= 11 is 0. The quantitative estimate of drug-likeness (QED) is 0.794. The Morgan fingerprint density at radius 3 is 2.20 bits per heavy atom. The van der Waals surface area contributed by atoms with E-state index in [1.807, 2.05) is 0 Å². The van der Waals surface area contributed by atoms with Crippen LogP contribution in [0.4, 0.5) is 0 Å². The number of nitrogens with zero attached hydrogens (tertiary/aromatic N) is 1. The number of carboxylic acid groups (broad SMARTS) is 1. The maximum atomic E-state index is 12.5. The Morgan fingerprint density at radius 1 is 1.05 bits per heavy atom. The Kier molecular flexibility index (Phi) is 4.62. The minimum atomic E-state index is -0.764. The zero-order chi connectivity index (χ0) is 14.7. The molecule has 112 valence electrons. The van der Waals surface area contributed by atoms with Gasteiger partial charge in [-0.25, -0.2) is 0 Å². The van der Waals surface area contributed by atoms with E-state index in [-0.39, 0.29) is 29.7 Å². The van der Waals surface area contributed by atoms with Gasteiger partial charge in [0.15, 0.2) is 0 Å². The summed E-state index contributed by atoms with van der Waals surface area (Å²) in [5.74, 6) is -1.27. The van der Waals surface area contributed by atoms with E-state index in [2.05, 4.69) is 5.32 Å². The third-order valence-electron chi connectivity index (χ3n) is 4.51. The van der Waals surface area contributed by atoms with Crippen LogP contribution in [0.2, 0.25) is 0 Å². The lowest BCUT2D eigenvalue weighted by atomic mass is 9.81. The van der Waals surface area contributed by atoms with Crippen LogP contribution < -0.4 is 5.32 Å². The predicted molar refractivity (Wildman–Crippen MR) is 71.9 cm³/mol.